The van der Waals surface area contributed by atoms with Crippen LogP contribution in [0.5, 0.6) is 0 Å². The van der Waals surface area contributed by atoms with Gasteiger partial charge >= 0.3 is 0 Å². The highest BCUT2D eigenvalue weighted by Gasteiger charge is 2.15. The van der Waals surface area contributed by atoms with Crippen molar-refractivity contribution in [2.75, 3.05) is 0 Å². The fourth-order valence-electron chi connectivity index (χ4n) is 2.84. The molecule has 1 nitrogen and oxygen atoms in total. The maximum atomic E-state index is 13.3. The van der Waals surface area contributed by atoms with Gasteiger partial charge in [0.1, 0.15) is 5.82 Å². The molecule has 2 aromatic rings. The number of fused-ring (bicyclic) bond motifs is 1. The smallest absolute Gasteiger partial charge is 0.126 e. The van der Waals surface area contributed by atoms with E-state index >= 15 is 0 Å². The Morgan fingerprint density at radius 1 is 1.00 bits per heavy atom. The zero-order valence-electron chi connectivity index (χ0n) is 11.1. The second-order valence-corrected chi connectivity index (χ2v) is 5.37. The minimum atomic E-state index is -0.176. The lowest BCUT2D eigenvalue weighted by Gasteiger charge is -2.15. The van der Waals surface area contributed by atoms with Crippen LogP contribution in [-0.4, -0.2) is 0 Å². The molecule has 19 heavy (non-hydrogen) atoms. The summed E-state index contributed by atoms with van der Waals surface area (Å²) in [5.74, 6) is -0.176. The fourth-order valence-corrected chi connectivity index (χ4v) is 2.84. The molecule has 0 saturated carbocycles. The highest BCUT2D eigenvalue weighted by molar-refractivity contribution is 5.40. The number of nitrogens with two attached hydrogens (primary N) is 1. The number of aryl methyl sites for hydroxylation is 3. The van der Waals surface area contributed by atoms with Crippen LogP contribution in [0.15, 0.2) is 36.4 Å². The van der Waals surface area contributed by atoms with Crippen LogP contribution in [-0.2, 0) is 12.8 Å². The molecule has 0 radical (unpaired) electrons. The van der Waals surface area contributed by atoms with Crippen molar-refractivity contribution in [3.63, 3.8) is 0 Å². The minimum Gasteiger partial charge on any atom is -0.320 e. The zero-order valence-corrected chi connectivity index (χ0v) is 11.1. The third-order valence-electron chi connectivity index (χ3n) is 4.02. The number of benzene rings is 2. The van der Waals surface area contributed by atoms with Gasteiger partial charge in [-0.05, 0) is 60.1 Å². The lowest BCUT2D eigenvalue weighted by Crippen LogP contribution is -2.12. The van der Waals surface area contributed by atoms with Gasteiger partial charge in [0.05, 0.1) is 6.04 Å². The first-order chi connectivity index (χ1) is 9.15. The molecule has 0 heterocycles. The molecule has 0 aliphatic heterocycles. The number of hydrogen-bond acceptors (Lipinski definition) is 1. The highest BCUT2D eigenvalue weighted by Crippen LogP contribution is 2.27. The molecular weight excluding hydrogens is 237 g/mol. The van der Waals surface area contributed by atoms with Gasteiger partial charge in [0.2, 0.25) is 0 Å². The summed E-state index contributed by atoms with van der Waals surface area (Å²) in [6.07, 6.45) is 3.57. The van der Waals surface area contributed by atoms with Gasteiger partial charge in [-0.1, -0.05) is 30.3 Å². The first-order valence-corrected chi connectivity index (χ1v) is 6.78. The van der Waals surface area contributed by atoms with Crippen molar-refractivity contribution >= 4 is 0 Å². The summed E-state index contributed by atoms with van der Waals surface area (Å²) in [6, 6.07) is 11.4. The topological polar surface area (TPSA) is 26.0 Å². The SMILES string of the molecule is Cc1cc(C(N)c2ccc3c(c2)CCC3)ccc1F. The summed E-state index contributed by atoms with van der Waals surface area (Å²) in [7, 11) is 0. The van der Waals surface area contributed by atoms with E-state index in [1.54, 1.807) is 13.0 Å². The maximum absolute atomic E-state index is 13.3. The van der Waals surface area contributed by atoms with Gasteiger partial charge in [-0.15, -0.1) is 0 Å². The Morgan fingerprint density at radius 3 is 2.47 bits per heavy atom. The van der Waals surface area contributed by atoms with Crippen molar-refractivity contribution in [1.29, 1.82) is 0 Å². The molecule has 0 saturated heterocycles. The van der Waals surface area contributed by atoms with E-state index in [0.717, 1.165) is 17.5 Å². The van der Waals surface area contributed by atoms with Gasteiger partial charge in [0.15, 0.2) is 0 Å². The average molecular weight is 255 g/mol. The van der Waals surface area contributed by atoms with Crippen LogP contribution in [0.4, 0.5) is 4.39 Å². The van der Waals surface area contributed by atoms with Gasteiger partial charge in [-0.2, -0.15) is 0 Å². The van der Waals surface area contributed by atoms with Crippen LogP contribution in [0.25, 0.3) is 0 Å². The van der Waals surface area contributed by atoms with Gasteiger partial charge in [-0.3, -0.25) is 0 Å². The Morgan fingerprint density at radius 2 is 1.68 bits per heavy atom. The Hall–Kier alpha value is -1.67. The van der Waals surface area contributed by atoms with Crippen LogP contribution >= 0.6 is 0 Å². The third kappa shape index (κ3) is 2.28. The third-order valence-corrected chi connectivity index (χ3v) is 4.02. The van der Waals surface area contributed by atoms with E-state index in [9.17, 15) is 4.39 Å². The number of hydrogen-bond donors (Lipinski definition) is 1. The molecule has 1 aliphatic rings. The normalized spacial score (nSPS) is 15.3. The van der Waals surface area contributed by atoms with Crippen molar-refractivity contribution in [2.45, 2.75) is 32.2 Å². The van der Waals surface area contributed by atoms with E-state index in [1.165, 1.54) is 30.0 Å². The van der Waals surface area contributed by atoms with E-state index in [1.807, 2.05) is 6.07 Å². The summed E-state index contributed by atoms with van der Waals surface area (Å²) in [4.78, 5) is 0. The number of rotatable bonds is 2. The van der Waals surface area contributed by atoms with E-state index in [-0.39, 0.29) is 11.9 Å². The average Bonchev–Trinajstić information content (AvgIpc) is 2.88. The van der Waals surface area contributed by atoms with Crippen LogP contribution in [0.3, 0.4) is 0 Å². The van der Waals surface area contributed by atoms with Crippen molar-refractivity contribution in [3.8, 4) is 0 Å². The molecule has 0 bridgehead atoms. The minimum absolute atomic E-state index is 0.176. The monoisotopic (exact) mass is 255 g/mol. The Balaban J connectivity index is 1.94. The molecule has 3 rings (SSSR count). The van der Waals surface area contributed by atoms with Crippen LogP contribution < -0.4 is 5.73 Å². The second-order valence-electron chi connectivity index (χ2n) is 5.37. The Labute approximate surface area is 113 Å². The van der Waals surface area contributed by atoms with Crippen LogP contribution in [0.1, 0.15) is 40.3 Å². The van der Waals surface area contributed by atoms with Crippen molar-refractivity contribution in [2.24, 2.45) is 5.73 Å². The summed E-state index contributed by atoms with van der Waals surface area (Å²) >= 11 is 0. The first kappa shape index (κ1) is 12.4. The molecule has 2 aromatic carbocycles. The highest BCUT2D eigenvalue weighted by atomic mass is 19.1. The van der Waals surface area contributed by atoms with Gasteiger partial charge in [0, 0.05) is 0 Å². The summed E-state index contributed by atoms with van der Waals surface area (Å²) in [5, 5.41) is 0. The van der Waals surface area contributed by atoms with E-state index < -0.39 is 0 Å². The Bertz CT molecular complexity index is 619. The lowest BCUT2D eigenvalue weighted by atomic mass is 9.95. The molecule has 0 spiro atoms. The summed E-state index contributed by atoms with van der Waals surface area (Å²) in [5.41, 5.74) is 11.9. The molecule has 2 N–H and O–H groups in total. The van der Waals surface area contributed by atoms with Gasteiger partial charge < -0.3 is 5.73 Å². The number of halogens is 1. The lowest BCUT2D eigenvalue weighted by molar-refractivity contribution is 0.617. The Kier molecular flexibility index (Phi) is 3.11. The molecule has 1 atom stereocenters. The standard InChI is InChI=1S/C17H18FN/c1-11-9-14(7-8-16(11)18)17(19)15-6-5-12-3-2-4-13(12)10-15/h5-10,17H,2-4,19H2,1H3. The largest absolute Gasteiger partial charge is 0.320 e. The maximum Gasteiger partial charge on any atom is 0.126 e. The van der Waals surface area contributed by atoms with Crippen molar-refractivity contribution in [3.05, 3.63) is 70.0 Å². The quantitative estimate of drug-likeness (QED) is 0.870. The molecule has 1 unspecified atom stereocenters. The fraction of sp³-hybridized carbons (Fsp3) is 0.294. The predicted octanol–water partition coefficient (Wildman–Crippen LogP) is 3.67. The van der Waals surface area contributed by atoms with Crippen LogP contribution in [0, 0.1) is 12.7 Å². The second kappa shape index (κ2) is 4.78. The molecule has 1 aliphatic carbocycles. The molecule has 2 heteroatoms. The molecule has 98 valence electrons. The molecular formula is C17H18FN. The summed E-state index contributed by atoms with van der Waals surface area (Å²) in [6.45, 7) is 1.77. The van der Waals surface area contributed by atoms with E-state index in [4.69, 9.17) is 5.73 Å². The molecule has 0 fully saturated rings. The molecule has 0 aromatic heterocycles. The zero-order chi connectivity index (χ0) is 13.4. The van der Waals surface area contributed by atoms with E-state index in [2.05, 4.69) is 18.2 Å². The summed E-state index contributed by atoms with van der Waals surface area (Å²) < 4.78 is 13.3. The first-order valence-electron chi connectivity index (χ1n) is 6.78. The van der Waals surface area contributed by atoms with Crippen LogP contribution in [0.2, 0.25) is 0 Å². The van der Waals surface area contributed by atoms with Gasteiger partial charge in [0.25, 0.3) is 0 Å². The van der Waals surface area contributed by atoms with Crippen molar-refractivity contribution < 1.29 is 4.39 Å². The van der Waals surface area contributed by atoms with Crippen molar-refractivity contribution in [1.82, 2.24) is 0 Å². The predicted molar refractivity (Wildman–Crippen MR) is 75.6 cm³/mol. The van der Waals surface area contributed by atoms with E-state index in [0.29, 0.717) is 5.56 Å². The molecule has 0 amide bonds. The van der Waals surface area contributed by atoms with Gasteiger partial charge in [-0.25, -0.2) is 4.39 Å².